The average Bonchev–Trinajstić information content (AvgIpc) is 2.77. The molecule has 2 aromatic rings. The minimum atomic E-state index is 0. The van der Waals surface area contributed by atoms with Crippen molar-refractivity contribution >= 4 is 18.1 Å². The van der Waals surface area contributed by atoms with Crippen molar-refractivity contribution in [1.82, 2.24) is 19.9 Å². The highest BCUT2D eigenvalue weighted by molar-refractivity contribution is 5.85. The van der Waals surface area contributed by atoms with Crippen LogP contribution < -0.4 is 5.32 Å². The molecule has 0 radical (unpaired) electrons. The number of rotatable bonds is 6. The molecule has 1 atom stereocenters. The SMILES string of the molecule is CCCCC(C)NCc1nnc2ccccn12.Cl. The summed E-state index contributed by atoms with van der Waals surface area (Å²) in [4.78, 5) is 0. The van der Waals surface area contributed by atoms with E-state index in [1.54, 1.807) is 0 Å². The van der Waals surface area contributed by atoms with Crippen LogP contribution in [-0.2, 0) is 6.54 Å². The number of pyridine rings is 1. The van der Waals surface area contributed by atoms with Gasteiger partial charge in [0.1, 0.15) is 0 Å². The summed E-state index contributed by atoms with van der Waals surface area (Å²) in [6.07, 6.45) is 5.74. The van der Waals surface area contributed by atoms with Gasteiger partial charge in [0.15, 0.2) is 11.5 Å². The Morgan fingerprint density at radius 3 is 2.94 bits per heavy atom. The van der Waals surface area contributed by atoms with Gasteiger partial charge in [-0.25, -0.2) is 0 Å². The fourth-order valence-corrected chi connectivity index (χ4v) is 1.89. The van der Waals surface area contributed by atoms with Gasteiger partial charge in [-0.15, -0.1) is 22.6 Å². The first-order valence-corrected chi connectivity index (χ1v) is 6.33. The van der Waals surface area contributed by atoms with Gasteiger partial charge in [-0.1, -0.05) is 25.8 Å². The molecule has 1 unspecified atom stereocenters. The van der Waals surface area contributed by atoms with Gasteiger partial charge >= 0.3 is 0 Å². The number of nitrogens with one attached hydrogen (secondary N) is 1. The molecular formula is C13H21ClN4. The standard InChI is InChI=1S/C13H20N4.ClH/c1-3-4-7-11(2)14-10-13-16-15-12-8-5-6-9-17(12)13;/h5-6,8-9,11,14H,3-4,7,10H2,1-2H3;1H. The van der Waals surface area contributed by atoms with Crippen molar-refractivity contribution < 1.29 is 0 Å². The predicted molar refractivity (Wildman–Crippen MR) is 76.1 cm³/mol. The molecule has 0 amide bonds. The first kappa shape index (κ1) is 14.9. The zero-order chi connectivity index (χ0) is 12.1. The molecule has 2 rings (SSSR count). The van der Waals surface area contributed by atoms with Crippen LogP contribution in [0, 0.1) is 0 Å². The molecule has 0 aliphatic carbocycles. The lowest BCUT2D eigenvalue weighted by atomic mass is 10.1. The summed E-state index contributed by atoms with van der Waals surface area (Å²) in [6, 6.07) is 6.48. The maximum atomic E-state index is 4.20. The third-order valence-corrected chi connectivity index (χ3v) is 2.98. The summed E-state index contributed by atoms with van der Waals surface area (Å²) in [6.45, 7) is 5.22. The monoisotopic (exact) mass is 268 g/mol. The maximum absolute atomic E-state index is 4.20. The molecule has 2 heterocycles. The smallest absolute Gasteiger partial charge is 0.160 e. The number of nitrogens with zero attached hydrogens (tertiary/aromatic N) is 3. The van der Waals surface area contributed by atoms with E-state index in [0.717, 1.165) is 18.0 Å². The Kier molecular flexibility index (Phi) is 6.09. The Balaban J connectivity index is 0.00000162. The summed E-state index contributed by atoms with van der Waals surface area (Å²) in [5.41, 5.74) is 0.908. The second-order valence-electron chi connectivity index (χ2n) is 4.47. The average molecular weight is 269 g/mol. The molecule has 0 aromatic carbocycles. The van der Waals surface area contributed by atoms with E-state index in [4.69, 9.17) is 0 Å². The third kappa shape index (κ3) is 3.68. The quantitative estimate of drug-likeness (QED) is 0.876. The highest BCUT2D eigenvalue weighted by Crippen LogP contribution is 2.04. The lowest BCUT2D eigenvalue weighted by Gasteiger charge is -2.12. The normalized spacial score (nSPS) is 12.3. The van der Waals surface area contributed by atoms with E-state index >= 15 is 0 Å². The summed E-state index contributed by atoms with van der Waals surface area (Å²) < 4.78 is 2.03. The van der Waals surface area contributed by atoms with Gasteiger partial charge in [-0.05, 0) is 25.5 Å². The maximum Gasteiger partial charge on any atom is 0.160 e. The van der Waals surface area contributed by atoms with Crippen molar-refractivity contribution in [1.29, 1.82) is 0 Å². The van der Waals surface area contributed by atoms with E-state index in [0.29, 0.717) is 6.04 Å². The van der Waals surface area contributed by atoms with Crippen molar-refractivity contribution in [3.63, 3.8) is 0 Å². The summed E-state index contributed by atoms with van der Waals surface area (Å²) in [7, 11) is 0. The molecule has 2 aromatic heterocycles. The van der Waals surface area contributed by atoms with Gasteiger partial charge in [-0.2, -0.15) is 0 Å². The number of aromatic nitrogens is 3. The molecule has 0 aliphatic heterocycles. The number of unbranched alkanes of at least 4 members (excludes halogenated alkanes) is 1. The fraction of sp³-hybridized carbons (Fsp3) is 0.538. The van der Waals surface area contributed by atoms with Gasteiger partial charge < -0.3 is 5.32 Å². The van der Waals surface area contributed by atoms with Crippen molar-refractivity contribution in [2.75, 3.05) is 0 Å². The Hall–Kier alpha value is -1.13. The third-order valence-electron chi connectivity index (χ3n) is 2.98. The molecule has 0 aliphatic rings. The van der Waals surface area contributed by atoms with Crippen LogP contribution in [0.3, 0.4) is 0 Å². The van der Waals surface area contributed by atoms with Crippen molar-refractivity contribution in [2.24, 2.45) is 0 Å². The second kappa shape index (κ2) is 7.34. The van der Waals surface area contributed by atoms with Gasteiger partial charge in [0, 0.05) is 12.2 Å². The van der Waals surface area contributed by atoms with Crippen molar-refractivity contribution in [2.45, 2.75) is 45.7 Å². The Labute approximate surface area is 114 Å². The van der Waals surface area contributed by atoms with E-state index in [1.165, 1.54) is 19.3 Å². The first-order valence-electron chi connectivity index (χ1n) is 6.33. The van der Waals surface area contributed by atoms with Crippen molar-refractivity contribution in [3.05, 3.63) is 30.2 Å². The van der Waals surface area contributed by atoms with Crippen LogP contribution in [0.5, 0.6) is 0 Å². The van der Waals surface area contributed by atoms with E-state index in [9.17, 15) is 0 Å². The topological polar surface area (TPSA) is 42.2 Å². The second-order valence-corrected chi connectivity index (χ2v) is 4.47. The predicted octanol–water partition coefficient (Wildman–Crippen LogP) is 2.82. The minimum absolute atomic E-state index is 0. The number of hydrogen-bond acceptors (Lipinski definition) is 3. The van der Waals surface area contributed by atoms with Gasteiger partial charge in [0.05, 0.1) is 6.54 Å². The Bertz CT molecular complexity index is 469. The zero-order valence-corrected chi connectivity index (χ0v) is 11.8. The lowest BCUT2D eigenvalue weighted by Crippen LogP contribution is -2.26. The molecular weight excluding hydrogens is 248 g/mol. The molecule has 4 nitrogen and oxygen atoms in total. The molecule has 0 fully saturated rings. The van der Waals surface area contributed by atoms with E-state index in [-0.39, 0.29) is 12.4 Å². The van der Waals surface area contributed by atoms with Crippen LogP contribution in [0.15, 0.2) is 24.4 Å². The van der Waals surface area contributed by atoms with Crippen LogP contribution in [0.1, 0.15) is 38.9 Å². The lowest BCUT2D eigenvalue weighted by molar-refractivity contribution is 0.486. The molecule has 18 heavy (non-hydrogen) atoms. The Morgan fingerprint density at radius 1 is 1.33 bits per heavy atom. The van der Waals surface area contributed by atoms with Crippen molar-refractivity contribution in [3.8, 4) is 0 Å². The molecule has 0 saturated carbocycles. The Morgan fingerprint density at radius 2 is 2.17 bits per heavy atom. The highest BCUT2D eigenvalue weighted by Gasteiger charge is 2.06. The highest BCUT2D eigenvalue weighted by atomic mass is 35.5. The summed E-state index contributed by atoms with van der Waals surface area (Å²) in [5.74, 6) is 0.976. The summed E-state index contributed by atoms with van der Waals surface area (Å²) >= 11 is 0. The fourth-order valence-electron chi connectivity index (χ4n) is 1.89. The molecule has 0 spiro atoms. The van der Waals surface area contributed by atoms with Crippen LogP contribution in [0.4, 0.5) is 0 Å². The largest absolute Gasteiger partial charge is 0.307 e. The number of halogens is 1. The molecule has 5 heteroatoms. The first-order chi connectivity index (χ1) is 8.31. The number of hydrogen-bond donors (Lipinski definition) is 1. The molecule has 1 N–H and O–H groups in total. The van der Waals surface area contributed by atoms with E-state index in [2.05, 4.69) is 29.4 Å². The molecule has 100 valence electrons. The van der Waals surface area contributed by atoms with Crippen LogP contribution in [-0.4, -0.2) is 20.6 Å². The van der Waals surface area contributed by atoms with Crippen LogP contribution >= 0.6 is 12.4 Å². The van der Waals surface area contributed by atoms with Crippen LogP contribution in [0.2, 0.25) is 0 Å². The van der Waals surface area contributed by atoms with E-state index < -0.39 is 0 Å². The van der Waals surface area contributed by atoms with E-state index in [1.807, 2.05) is 28.8 Å². The van der Waals surface area contributed by atoms with Gasteiger partial charge in [0.2, 0.25) is 0 Å². The van der Waals surface area contributed by atoms with Crippen LogP contribution in [0.25, 0.3) is 5.65 Å². The minimum Gasteiger partial charge on any atom is -0.307 e. The molecule has 0 bridgehead atoms. The molecule has 0 saturated heterocycles. The number of fused-ring (bicyclic) bond motifs is 1. The summed E-state index contributed by atoms with van der Waals surface area (Å²) in [5, 5.41) is 11.8. The van der Waals surface area contributed by atoms with Gasteiger partial charge in [-0.3, -0.25) is 4.40 Å². The van der Waals surface area contributed by atoms with Gasteiger partial charge in [0.25, 0.3) is 0 Å². The zero-order valence-electron chi connectivity index (χ0n) is 11.0.